The smallest absolute Gasteiger partial charge is 0.407 e. The molecule has 0 bridgehead atoms. The Morgan fingerprint density at radius 1 is 1.17 bits per heavy atom. The Balaban J connectivity index is 2.31. The number of esters is 1. The number of anilines is 1. The maximum Gasteiger partial charge on any atom is 0.407 e. The van der Waals surface area contributed by atoms with E-state index in [2.05, 4.69) is 15.6 Å². The highest BCUT2D eigenvalue weighted by Crippen LogP contribution is 2.25. The minimum Gasteiger partial charge on any atom is -0.462 e. The summed E-state index contributed by atoms with van der Waals surface area (Å²) in [5, 5.41) is 6.62. The third-order valence-electron chi connectivity index (χ3n) is 3.77. The Labute approximate surface area is 186 Å². The number of amides is 1. The van der Waals surface area contributed by atoms with E-state index in [4.69, 9.17) is 32.7 Å². The van der Waals surface area contributed by atoms with Crippen LogP contribution in [-0.4, -0.2) is 35.8 Å². The summed E-state index contributed by atoms with van der Waals surface area (Å²) >= 11 is 12.2. The summed E-state index contributed by atoms with van der Waals surface area (Å²) in [6.07, 6.45) is -0.569. The second kappa shape index (κ2) is 10.5. The monoisotopic (exact) mass is 453 g/mol. The normalized spacial score (nSPS) is 12.1. The summed E-state index contributed by atoms with van der Waals surface area (Å²) in [5.74, 6) is -0.300. The highest BCUT2D eigenvalue weighted by atomic mass is 35.5. The molecule has 0 saturated heterocycles. The van der Waals surface area contributed by atoms with E-state index < -0.39 is 23.7 Å². The maximum atomic E-state index is 12.3. The van der Waals surface area contributed by atoms with Gasteiger partial charge in [0.2, 0.25) is 0 Å². The Bertz CT molecular complexity index is 900. The number of carbonyl (C=O) groups excluding carboxylic acids is 2. The first-order valence-corrected chi connectivity index (χ1v) is 10.2. The number of carbonyl (C=O) groups is 2. The van der Waals surface area contributed by atoms with E-state index in [0.29, 0.717) is 5.02 Å². The van der Waals surface area contributed by atoms with Crippen molar-refractivity contribution in [2.75, 3.05) is 18.5 Å². The van der Waals surface area contributed by atoms with Crippen molar-refractivity contribution in [1.82, 2.24) is 10.3 Å². The maximum absolute atomic E-state index is 12.3. The SMILES string of the molecule is CCOC(=O)c1ccc(Cl)nc1NC(CNC(=O)OC(C)(C)C)c1cccc(Cl)c1. The average molecular weight is 454 g/mol. The van der Waals surface area contributed by atoms with Crippen molar-refractivity contribution >= 4 is 41.1 Å². The fourth-order valence-corrected chi connectivity index (χ4v) is 2.91. The summed E-state index contributed by atoms with van der Waals surface area (Å²) in [6, 6.07) is 9.69. The number of hydrogen-bond acceptors (Lipinski definition) is 6. The molecule has 2 aromatic rings. The van der Waals surface area contributed by atoms with Crippen molar-refractivity contribution in [3.8, 4) is 0 Å². The number of rotatable bonds is 7. The second-order valence-electron chi connectivity index (χ2n) is 7.39. The molecule has 0 radical (unpaired) electrons. The van der Waals surface area contributed by atoms with Crippen molar-refractivity contribution in [3.05, 3.63) is 57.7 Å². The molecule has 9 heteroatoms. The molecule has 2 rings (SSSR count). The van der Waals surface area contributed by atoms with Crippen molar-refractivity contribution in [2.24, 2.45) is 0 Å². The second-order valence-corrected chi connectivity index (χ2v) is 8.21. The molecule has 1 atom stereocenters. The lowest BCUT2D eigenvalue weighted by atomic mass is 10.1. The molecule has 1 amide bonds. The van der Waals surface area contributed by atoms with E-state index in [1.54, 1.807) is 45.9 Å². The Hall–Kier alpha value is -2.51. The van der Waals surface area contributed by atoms with Crippen LogP contribution in [0.1, 0.15) is 49.7 Å². The van der Waals surface area contributed by atoms with Gasteiger partial charge in [0.05, 0.1) is 12.6 Å². The third kappa shape index (κ3) is 7.39. The number of ether oxygens (including phenoxy) is 2. The zero-order valence-corrected chi connectivity index (χ0v) is 18.8. The van der Waals surface area contributed by atoms with Crippen LogP contribution in [0.25, 0.3) is 0 Å². The highest BCUT2D eigenvalue weighted by Gasteiger charge is 2.22. The number of hydrogen-bond donors (Lipinski definition) is 2. The third-order valence-corrected chi connectivity index (χ3v) is 4.21. The van der Waals surface area contributed by atoms with Gasteiger partial charge in [-0.2, -0.15) is 0 Å². The molecule has 0 spiro atoms. The van der Waals surface area contributed by atoms with Crippen molar-refractivity contribution in [1.29, 1.82) is 0 Å². The van der Waals surface area contributed by atoms with Crippen LogP contribution in [0.2, 0.25) is 10.2 Å². The van der Waals surface area contributed by atoms with E-state index in [-0.39, 0.29) is 29.7 Å². The molecule has 0 saturated carbocycles. The number of halogens is 2. The standard InChI is InChI=1S/C21H25Cl2N3O4/c1-5-29-19(27)15-9-10-17(23)26-18(15)25-16(13-7-6-8-14(22)11-13)12-24-20(28)30-21(2,3)4/h6-11,16H,5,12H2,1-4H3,(H,24,28)(H,25,26). The summed E-state index contributed by atoms with van der Waals surface area (Å²) in [5.41, 5.74) is 0.370. The molecule has 7 nitrogen and oxygen atoms in total. The Morgan fingerprint density at radius 2 is 1.90 bits per heavy atom. The van der Waals surface area contributed by atoms with Gasteiger partial charge in [0, 0.05) is 11.6 Å². The lowest BCUT2D eigenvalue weighted by Gasteiger charge is -2.24. The molecule has 1 heterocycles. The molecule has 0 aliphatic rings. The molecule has 0 fully saturated rings. The van der Waals surface area contributed by atoms with Gasteiger partial charge in [-0.3, -0.25) is 0 Å². The van der Waals surface area contributed by atoms with Crippen molar-refractivity contribution in [3.63, 3.8) is 0 Å². The zero-order valence-electron chi connectivity index (χ0n) is 17.3. The molecule has 2 N–H and O–H groups in total. The van der Waals surface area contributed by atoms with Crippen LogP contribution in [0, 0.1) is 0 Å². The van der Waals surface area contributed by atoms with Gasteiger partial charge < -0.3 is 20.1 Å². The number of benzene rings is 1. The lowest BCUT2D eigenvalue weighted by molar-refractivity contribution is 0.0513. The van der Waals surface area contributed by atoms with Gasteiger partial charge in [0.25, 0.3) is 0 Å². The first-order chi connectivity index (χ1) is 14.1. The van der Waals surface area contributed by atoms with E-state index in [1.165, 1.54) is 12.1 Å². The van der Waals surface area contributed by atoms with E-state index in [0.717, 1.165) is 5.56 Å². The van der Waals surface area contributed by atoms with E-state index >= 15 is 0 Å². The van der Waals surface area contributed by atoms with E-state index in [9.17, 15) is 9.59 Å². The van der Waals surface area contributed by atoms with Crippen LogP contribution in [0.4, 0.5) is 10.6 Å². The summed E-state index contributed by atoms with van der Waals surface area (Å²) < 4.78 is 10.4. The molecule has 1 unspecified atom stereocenters. The van der Waals surface area contributed by atoms with Crippen LogP contribution < -0.4 is 10.6 Å². The number of alkyl carbamates (subject to hydrolysis) is 1. The molecular formula is C21H25Cl2N3O4. The minimum absolute atomic E-state index is 0.145. The van der Waals surface area contributed by atoms with Gasteiger partial charge >= 0.3 is 12.1 Å². The number of nitrogens with one attached hydrogen (secondary N) is 2. The topological polar surface area (TPSA) is 89.5 Å². The Morgan fingerprint density at radius 3 is 2.53 bits per heavy atom. The molecule has 30 heavy (non-hydrogen) atoms. The van der Waals surface area contributed by atoms with Crippen LogP contribution in [0.5, 0.6) is 0 Å². The number of nitrogens with zero attached hydrogens (tertiary/aromatic N) is 1. The van der Waals surface area contributed by atoms with Crippen LogP contribution in [-0.2, 0) is 9.47 Å². The van der Waals surface area contributed by atoms with Gasteiger partial charge in [-0.15, -0.1) is 0 Å². The predicted octanol–water partition coefficient (Wildman–Crippen LogP) is 5.24. The van der Waals surface area contributed by atoms with E-state index in [1.807, 2.05) is 6.07 Å². The number of aromatic nitrogens is 1. The van der Waals surface area contributed by atoms with Crippen molar-refractivity contribution < 1.29 is 19.1 Å². The summed E-state index contributed by atoms with van der Waals surface area (Å²) in [4.78, 5) is 28.7. The molecular weight excluding hydrogens is 429 g/mol. The zero-order chi connectivity index (χ0) is 22.3. The summed E-state index contributed by atoms with van der Waals surface area (Å²) in [6.45, 7) is 7.42. The molecule has 1 aromatic heterocycles. The highest BCUT2D eigenvalue weighted by molar-refractivity contribution is 6.30. The quantitative estimate of drug-likeness (QED) is 0.439. The van der Waals surface area contributed by atoms with Crippen LogP contribution >= 0.6 is 23.2 Å². The molecule has 162 valence electrons. The fourth-order valence-electron chi connectivity index (χ4n) is 2.56. The van der Waals surface area contributed by atoms with Gasteiger partial charge in [-0.05, 0) is 57.5 Å². The van der Waals surface area contributed by atoms with Gasteiger partial charge in [-0.1, -0.05) is 35.3 Å². The lowest BCUT2D eigenvalue weighted by Crippen LogP contribution is -2.36. The first-order valence-electron chi connectivity index (χ1n) is 9.41. The van der Waals surface area contributed by atoms with Crippen LogP contribution in [0.3, 0.4) is 0 Å². The van der Waals surface area contributed by atoms with Crippen LogP contribution in [0.15, 0.2) is 36.4 Å². The molecule has 1 aromatic carbocycles. The minimum atomic E-state index is -0.630. The van der Waals surface area contributed by atoms with Gasteiger partial charge in [0.1, 0.15) is 22.1 Å². The Kier molecular flexibility index (Phi) is 8.32. The van der Waals surface area contributed by atoms with Crippen molar-refractivity contribution in [2.45, 2.75) is 39.3 Å². The van der Waals surface area contributed by atoms with Gasteiger partial charge in [0.15, 0.2) is 0 Å². The molecule has 0 aliphatic heterocycles. The fraction of sp³-hybridized carbons (Fsp3) is 0.381. The molecule has 0 aliphatic carbocycles. The number of pyridine rings is 1. The largest absolute Gasteiger partial charge is 0.462 e. The first kappa shape index (κ1) is 23.8. The average Bonchev–Trinajstić information content (AvgIpc) is 2.64. The predicted molar refractivity (Wildman–Crippen MR) is 117 cm³/mol. The summed E-state index contributed by atoms with van der Waals surface area (Å²) in [7, 11) is 0. The van der Waals surface area contributed by atoms with Gasteiger partial charge in [-0.25, -0.2) is 14.6 Å².